The van der Waals surface area contributed by atoms with Gasteiger partial charge in [0.1, 0.15) is 11.6 Å². The molecule has 7 heteroatoms. The Balaban J connectivity index is 1.44. The highest BCUT2D eigenvalue weighted by Gasteiger charge is 2.30. The zero-order valence-corrected chi connectivity index (χ0v) is 19.7. The molecule has 2 aliphatic heterocycles. The number of benzene rings is 1. The summed E-state index contributed by atoms with van der Waals surface area (Å²) in [5.41, 5.74) is 3.40. The van der Waals surface area contributed by atoms with Crippen LogP contribution in [-0.4, -0.2) is 54.6 Å². The van der Waals surface area contributed by atoms with E-state index in [2.05, 4.69) is 30.9 Å². The summed E-state index contributed by atoms with van der Waals surface area (Å²) < 4.78 is 10.8. The molecule has 0 saturated carbocycles. The normalized spacial score (nSPS) is 17.4. The van der Waals surface area contributed by atoms with Gasteiger partial charge in [-0.1, -0.05) is 13.0 Å². The maximum atomic E-state index is 12.5. The molecule has 172 valence electrons. The molecule has 0 aliphatic carbocycles. The zero-order valence-electron chi connectivity index (χ0n) is 19.7. The number of ether oxygens (including phenoxy) is 2. The van der Waals surface area contributed by atoms with Gasteiger partial charge in [0.25, 0.3) is 0 Å². The third-order valence-corrected chi connectivity index (χ3v) is 6.61. The highest BCUT2D eigenvalue weighted by Crippen LogP contribution is 2.33. The van der Waals surface area contributed by atoms with Gasteiger partial charge in [-0.2, -0.15) is 0 Å². The number of fused-ring (bicyclic) bond motifs is 1. The maximum Gasteiger partial charge on any atom is 0.228 e. The van der Waals surface area contributed by atoms with E-state index in [1.165, 1.54) is 5.56 Å². The molecular formula is C25H34N4O3. The van der Waals surface area contributed by atoms with E-state index in [4.69, 9.17) is 19.4 Å². The molecule has 1 aromatic carbocycles. The molecule has 2 aromatic rings. The average molecular weight is 439 g/mol. The van der Waals surface area contributed by atoms with Gasteiger partial charge in [-0.15, -0.1) is 0 Å². The van der Waals surface area contributed by atoms with Gasteiger partial charge in [0, 0.05) is 36.7 Å². The third kappa shape index (κ3) is 4.58. The molecule has 0 radical (unpaired) electrons. The van der Waals surface area contributed by atoms with E-state index in [9.17, 15) is 4.79 Å². The molecule has 0 spiro atoms. The van der Waals surface area contributed by atoms with E-state index < -0.39 is 0 Å². The number of anilines is 1. The van der Waals surface area contributed by atoms with Crippen molar-refractivity contribution < 1.29 is 14.3 Å². The Kier molecular flexibility index (Phi) is 6.94. The molecule has 7 nitrogen and oxygen atoms in total. The smallest absolute Gasteiger partial charge is 0.228 e. The molecule has 32 heavy (non-hydrogen) atoms. The van der Waals surface area contributed by atoms with Gasteiger partial charge in [-0.05, 0) is 63.4 Å². The van der Waals surface area contributed by atoms with E-state index in [1.54, 1.807) is 14.2 Å². The SMILES string of the molecule is CCCN1C(=O)CCc2c(C)nc(C3CCN(Cc4ccc(OC)c(OC)c4)CC3)nc21. The molecule has 0 bridgehead atoms. The van der Waals surface area contributed by atoms with Crippen molar-refractivity contribution in [2.24, 2.45) is 0 Å². The lowest BCUT2D eigenvalue weighted by Gasteiger charge is -2.33. The summed E-state index contributed by atoms with van der Waals surface area (Å²) in [5.74, 6) is 3.81. The number of hydrogen-bond donors (Lipinski definition) is 0. The molecule has 1 amide bonds. The standard InChI is InChI=1S/C25H34N4O3/c1-5-12-29-23(30)9-7-20-17(2)26-24(27-25(20)29)19-10-13-28(14-11-19)16-18-6-8-21(31-3)22(15-18)32-4/h6,8,15,19H,5,7,9-14,16H2,1-4H3. The molecule has 3 heterocycles. The first kappa shape index (κ1) is 22.5. The summed E-state index contributed by atoms with van der Waals surface area (Å²) in [6.45, 7) is 7.77. The Labute approximate surface area is 190 Å². The van der Waals surface area contributed by atoms with Crippen LogP contribution < -0.4 is 14.4 Å². The maximum absolute atomic E-state index is 12.5. The minimum Gasteiger partial charge on any atom is -0.493 e. The highest BCUT2D eigenvalue weighted by molar-refractivity contribution is 5.95. The first-order valence-corrected chi connectivity index (χ1v) is 11.6. The first-order chi connectivity index (χ1) is 15.5. The Hall–Kier alpha value is -2.67. The molecule has 1 saturated heterocycles. The monoisotopic (exact) mass is 438 g/mol. The van der Waals surface area contributed by atoms with Crippen molar-refractivity contribution in [2.75, 3.05) is 38.8 Å². The Morgan fingerprint density at radius 3 is 2.50 bits per heavy atom. The van der Waals surface area contributed by atoms with Crippen LogP contribution in [0, 0.1) is 6.92 Å². The second-order valence-electron chi connectivity index (χ2n) is 8.75. The zero-order chi connectivity index (χ0) is 22.7. The third-order valence-electron chi connectivity index (χ3n) is 6.61. The quantitative estimate of drug-likeness (QED) is 0.654. The molecular weight excluding hydrogens is 404 g/mol. The highest BCUT2D eigenvalue weighted by atomic mass is 16.5. The molecule has 1 fully saturated rings. The Morgan fingerprint density at radius 2 is 1.81 bits per heavy atom. The minimum absolute atomic E-state index is 0.188. The lowest BCUT2D eigenvalue weighted by Crippen LogP contribution is -2.38. The number of aromatic nitrogens is 2. The van der Waals surface area contributed by atoms with Crippen LogP contribution in [0.2, 0.25) is 0 Å². The van der Waals surface area contributed by atoms with Crippen LogP contribution in [0.3, 0.4) is 0 Å². The Bertz CT molecular complexity index is 970. The van der Waals surface area contributed by atoms with Crippen molar-refractivity contribution in [1.29, 1.82) is 0 Å². The number of nitrogens with zero attached hydrogens (tertiary/aromatic N) is 4. The van der Waals surface area contributed by atoms with E-state index in [0.717, 1.165) is 86.3 Å². The fourth-order valence-electron chi connectivity index (χ4n) is 4.83. The Morgan fingerprint density at radius 1 is 1.06 bits per heavy atom. The van der Waals surface area contributed by atoms with Gasteiger partial charge in [-0.3, -0.25) is 14.6 Å². The molecule has 0 unspecified atom stereocenters. The number of piperidine rings is 1. The summed E-state index contributed by atoms with van der Waals surface area (Å²) in [6.07, 6.45) is 4.29. The van der Waals surface area contributed by atoms with Gasteiger partial charge in [-0.25, -0.2) is 9.97 Å². The van der Waals surface area contributed by atoms with E-state index in [1.807, 2.05) is 11.0 Å². The number of aryl methyl sites for hydroxylation is 1. The fraction of sp³-hybridized carbons (Fsp3) is 0.560. The van der Waals surface area contributed by atoms with Gasteiger partial charge in [0.05, 0.1) is 14.2 Å². The van der Waals surface area contributed by atoms with Crippen molar-refractivity contribution in [3.05, 3.63) is 40.8 Å². The number of rotatable bonds is 7. The molecule has 4 rings (SSSR count). The van der Waals surface area contributed by atoms with Gasteiger partial charge < -0.3 is 9.47 Å². The van der Waals surface area contributed by atoms with E-state index >= 15 is 0 Å². The summed E-state index contributed by atoms with van der Waals surface area (Å²) in [5, 5.41) is 0. The van der Waals surface area contributed by atoms with Crippen molar-refractivity contribution >= 4 is 11.7 Å². The number of carbonyl (C=O) groups is 1. The topological polar surface area (TPSA) is 67.8 Å². The van der Waals surface area contributed by atoms with Crippen LogP contribution in [-0.2, 0) is 17.8 Å². The van der Waals surface area contributed by atoms with Gasteiger partial charge in [0.15, 0.2) is 11.5 Å². The summed E-state index contributed by atoms with van der Waals surface area (Å²) >= 11 is 0. The van der Waals surface area contributed by atoms with E-state index in [0.29, 0.717) is 12.3 Å². The predicted molar refractivity (Wildman–Crippen MR) is 125 cm³/mol. The number of amides is 1. The van der Waals surface area contributed by atoms with Crippen molar-refractivity contribution in [3.63, 3.8) is 0 Å². The molecule has 0 N–H and O–H groups in total. The van der Waals surface area contributed by atoms with Crippen LogP contribution in [0.1, 0.15) is 61.2 Å². The van der Waals surface area contributed by atoms with Crippen LogP contribution in [0.15, 0.2) is 18.2 Å². The predicted octanol–water partition coefficient (Wildman–Crippen LogP) is 3.87. The first-order valence-electron chi connectivity index (χ1n) is 11.6. The van der Waals surface area contributed by atoms with Crippen LogP contribution >= 0.6 is 0 Å². The second-order valence-corrected chi connectivity index (χ2v) is 8.75. The van der Waals surface area contributed by atoms with Crippen LogP contribution in [0.5, 0.6) is 11.5 Å². The summed E-state index contributed by atoms with van der Waals surface area (Å²) in [7, 11) is 3.33. The summed E-state index contributed by atoms with van der Waals surface area (Å²) in [6, 6.07) is 6.12. The van der Waals surface area contributed by atoms with E-state index in [-0.39, 0.29) is 5.91 Å². The lowest BCUT2D eigenvalue weighted by atomic mass is 9.94. The lowest BCUT2D eigenvalue weighted by molar-refractivity contribution is -0.119. The average Bonchev–Trinajstić information content (AvgIpc) is 2.81. The van der Waals surface area contributed by atoms with Crippen LogP contribution in [0.25, 0.3) is 0 Å². The minimum atomic E-state index is 0.188. The second kappa shape index (κ2) is 9.86. The molecule has 0 atom stereocenters. The van der Waals surface area contributed by atoms with Crippen molar-refractivity contribution in [3.8, 4) is 11.5 Å². The van der Waals surface area contributed by atoms with Crippen molar-refractivity contribution in [1.82, 2.24) is 14.9 Å². The largest absolute Gasteiger partial charge is 0.493 e. The van der Waals surface area contributed by atoms with Crippen LogP contribution in [0.4, 0.5) is 5.82 Å². The molecule has 1 aromatic heterocycles. The van der Waals surface area contributed by atoms with Crippen molar-refractivity contribution in [2.45, 2.75) is 58.4 Å². The van der Waals surface area contributed by atoms with Gasteiger partial charge in [0.2, 0.25) is 5.91 Å². The molecule has 2 aliphatic rings. The van der Waals surface area contributed by atoms with Gasteiger partial charge >= 0.3 is 0 Å². The number of carbonyl (C=O) groups excluding carboxylic acids is 1. The number of methoxy groups -OCH3 is 2. The number of likely N-dealkylation sites (tertiary alicyclic amines) is 1. The summed E-state index contributed by atoms with van der Waals surface area (Å²) in [4.78, 5) is 26.7. The fourth-order valence-corrected chi connectivity index (χ4v) is 4.83. The number of hydrogen-bond acceptors (Lipinski definition) is 6.